The average molecular weight is 646 g/mol. The minimum Gasteiger partial charge on any atom is -0.374 e. The number of hydrogen-bond donors (Lipinski definition) is 0. The summed E-state index contributed by atoms with van der Waals surface area (Å²) in [7, 11) is 0. The summed E-state index contributed by atoms with van der Waals surface area (Å²) in [5, 5.41) is 0. The summed E-state index contributed by atoms with van der Waals surface area (Å²) < 4.78 is 14.2. The summed E-state index contributed by atoms with van der Waals surface area (Å²) in [5.74, 6) is 9.43. The molecule has 0 amide bonds. The Labute approximate surface area is 288 Å². The summed E-state index contributed by atoms with van der Waals surface area (Å²) in [5.41, 5.74) is 0. The van der Waals surface area contributed by atoms with Crippen molar-refractivity contribution in [2.24, 2.45) is 59.2 Å². The Morgan fingerprint density at radius 1 is 0.319 bits per heavy atom. The van der Waals surface area contributed by atoms with Crippen LogP contribution in [0.3, 0.4) is 0 Å². The largest absolute Gasteiger partial charge is 0.374 e. The SMILES string of the molecule is C1CCC(N(C2CCC(C3CCCC4C5CCC6OC7CCCCC7C6C5OC34)CC2)C2CCC3C(CCC4CCCCC43)C2)CC1. The molecule has 10 fully saturated rings. The monoisotopic (exact) mass is 646 g/mol. The van der Waals surface area contributed by atoms with E-state index in [2.05, 4.69) is 4.90 Å². The molecule has 264 valence electrons. The van der Waals surface area contributed by atoms with E-state index in [1.54, 1.807) is 38.5 Å². The van der Waals surface area contributed by atoms with E-state index in [1.807, 2.05) is 0 Å². The highest BCUT2D eigenvalue weighted by Crippen LogP contribution is 2.59. The van der Waals surface area contributed by atoms with Gasteiger partial charge in [0.25, 0.3) is 0 Å². The van der Waals surface area contributed by atoms with Gasteiger partial charge in [0.05, 0.1) is 24.4 Å². The van der Waals surface area contributed by atoms with Crippen LogP contribution < -0.4 is 0 Å². The molecule has 2 heterocycles. The van der Waals surface area contributed by atoms with Crippen LogP contribution in [0.4, 0.5) is 0 Å². The number of hydrogen-bond acceptors (Lipinski definition) is 3. The molecule has 3 heteroatoms. The van der Waals surface area contributed by atoms with Crippen molar-refractivity contribution in [3.05, 3.63) is 0 Å². The van der Waals surface area contributed by atoms with Gasteiger partial charge in [-0.25, -0.2) is 0 Å². The maximum atomic E-state index is 7.46. The number of fused-ring (bicyclic) bond motifs is 10. The second-order valence-corrected chi connectivity index (χ2v) is 19.8. The normalized spacial score (nSPS) is 53.3. The number of ether oxygens (including phenoxy) is 2. The fraction of sp³-hybridized carbons (Fsp3) is 1.00. The van der Waals surface area contributed by atoms with Crippen molar-refractivity contribution in [2.45, 2.75) is 216 Å². The topological polar surface area (TPSA) is 21.7 Å². The molecule has 47 heavy (non-hydrogen) atoms. The lowest BCUT2D eigenvalue weighted by molar-refractivity contribution is -0.0886. The Kier molecular flexibility index (Phi) is 9.05. The first-order valence-electron chi connectivity index (χ1n) is 22.4. The molecule has 14 unspecified atom stereocenters. The minimum atomic E-state index is 0.525. The molecule has 8 saturated carbocycles. The zero-order chi connectivity index (χ0) is 30.9. The number of nitrogens with zero attached hydrogens (tertiary/aromatic N) is 1. The molecule has 0 aromatic rings. The van der Waals surface area contributed by atoms with Crippen LogP contribution in [0, 0.1) is 59.2 Å². The molecule has 0 spiro atoms. The van der Waals surface area contributed by atoms with Crippen LogP contribution >= 0.6 is 0 Å². The van der Waals surface area contributed by atoms with E-state index >= 15 is 0 Å². The second-order valence-electron chi connectivity index (χ2n) is 19.8. The maximum absolute atomic E-state index is 7.46. The van der Waals surface area contributed by atoms with Gasteiger partial charge in [-0.2, -0.15) is 0 Å². The second kappa shape index (κ2) is 13.5. The van der Waals surface area contributed by atoms with Crippen molar-refractivity contribution in [3.63, 3.8) is 0 Å². The van der Waals surface area contributed by atoms with Crippen LogP contribution in [0.1, 0.15) is 173 Å². The molecule has 0 N–H and O–H groups in total. The van der Waals surface area contributed by atoms with Crippen molar-refractivity contribution in [1.29, 1.82) is 0 Å². The Bertz CT molecular complexity index is 1060. The standard InChI is InChI=1S/C44H71NO2/c1-2-10-31(11-3-1)45(33-23-24-35-30(27-33)18-17-28-9-4-5-12-34(28)35)32-21-19-29(20-22-32)36-14-8-15-37-38-25-26-41-42(44(38)47-43(36)37)39-13-6-7-16-40(39)46-41/h28-44H,1-27H2. The molecule has 0 bridgehead atoms. The quantitative estimate of drug-likeness (QED) is 0.304. The lowest BCUT2D eigenvalue weighted by Gasteiger charge is -2.54. The number of rotatable bonds is 4. The van der Waals surface area contributed by atoms with Gasteiger partial charge < -0.3 is 9.47 Å². The van der Waals surface area contributed by atoms with Crippen molar-refractivity contribution < 1.29 is 9.47 Å². The molecule has 10 aliphatic rings. The first-order valence-corrected chi connectivity index (χ1v) is 22.4. The van der Waals surface area contributed by atoms with Crippen LogP contribution in [0.15, 0.2) is 0 Å². The smallest absolute Gasteiger partial charge is 0.0667 e. The average Bonchev–Trinajstić information content (AvgIpc) is 3.71. The highest BCUT2D eigenvalue weighted by Gasteiger charge is 2.60. The van der Waals surface area contributed by atoms with E-state index in [-0.39, 0.29) is 0 Å². The van der Waals surface area contributed by atoms with Gasteiger partial charge in [0.1, 0.15) is 0 Å². The van der Waals surface area contributed by atoms with Crippen LogP contribution in [0.2, 0.25) is 0 Å². The van der Waals surface area contributed by atoms with Crippen molar-refractivity contribution in [1.82, 2.24) is 4.90 Å². The van der Waals surface area contributed by atoms with Gasteiger partial charge in [-0.1, -0.05) is 57.8 Å². The zero-order valence-corrected chi connectivity index (χ0v) is 30.2. The van der Waals surface area contributed by atoms with E-state index in [4.69, 9.17) is 9.47 Å². The Morgan fingerprint density at radius 3 is 1.81 bits per heavy atom. The third-order valence-electron chi connectivity index (χ3n) is 18.0. The predicted molar refractivity (Wildman–Crippen MR) is 190 cm³/mol. The Morgan fingerprint density at radius 2 is 0.915 bits per heavy atom. The van der Waals surface area contributed by atoms with E-state index in [0.717, 1.165) is 77.3 Å². The molecule has 0 aromatic heterocycles. The first kappa shape index (κ1) is 31.6. The minimum absolute atomic E-state index is 0.525. The highest BCUT2D eigenvalue weighted by molar-refractivity contribution is 5.08. The molecule has 10 rings (SSSR count). The summed E-state index contributed by atoms with van der Waals surface area (Å²) in [4.78, 5) is 3.30. The molecule has 2 saturated heterocycles. The third kappa shape index (κ3) is 5.66. The van der Waals surface area contributed by atoms with Gasteiger partial charge in [-0.3, -0.25) is 4.90 Å². The summed E-state index contributed by atoms with van der Waals surface area (Å²) in [6.45, 7) is 0. The lowest BCUT2D eigenvalue weighted by atomic mass is 9.57. The molecule has 0 radical (unpaired) electrons. The molecular weight excluding hydrogens is 574 g/mol. The molecular formula is C44H71NO2. The molecule has 0 aromatic carbocycles. The summed E-state index contributed by atoms with van der Waals surface area (Å²) in [6, 6.07) is 2.70. The third-order valence-corrected chi connectivity index (χ3v) is 18.0. The van der Waals surface area contributed by atoms with Crippen LogP contribution in [0.25, 0.3) is 0 Å². The van der Waals surface area contributed by atoms with Crippen LogP contribution in [-0.2, 0) is 9.47 Å². The van der Waals surface area contributed by atoms with E-state index in [0.29, 0.717) is 24.4 Å². The Balaban J connectivity index is 0.816. The molecule has 2 aliphatic heterocycles. The van der Waals surface area contributed by atoms with E-state index in [9.17, 15) is 0 Å². The Hall–Kier alpha value is -0.120. The van der Waals surface area contributed by atoms with Crippen LogP contribution in [0.5, 0.6) is 0 Å². The summed E-state index contributed by atoms with van der Waals surface area (Å²) in [6.07, 6.45) is 42.5. The molecule has 3 nitrogen and oxygen atoms in total. The van der Waals surface area contributed by atoms with Gasteiger partial charge in [0, 0.05) is 24.0 Å². The predicted octanol–water partition coefficient (Wildman–Crippen LogP) is 10.7. The highest BCUT2D eigenvalue weighted by atomic mass is 16.5. The van der Waals surface area contributed by atoms with Gasteiger partial charge in [-0.05, 0) is 169 Å². The van der Waals surface area contributed by atoms with Crippen molar-refractivity contribution >= 4 is 0 Å². The van der Waals surface area contributed by atoms with Gasteiger partial charge in [0.2, 0.25) is 0 Å². The van der Waals surface area contributed by atoms with Gasteiger partial charge >= 0.3 is 0 Å². The van der Waals surface area contributed by atoms with Crippen molar-refractivity contribution in [3.8, 4) is 0 Å². The van der Waals surface area contributed by atoms with Crippen molar-refractivity contribution in [2.75, 3.05) is 0 Å². The van der Waals surface area contributed by atoms with Crippen LogP contribution in [-0.4, -0.2) is 47.4 Å². The fourth-order valence-electron chi connectivity index (χ4n) is 16.2. The van der Waals surface area contributed by atoms with Gasteiger partial charge in [0.15, 0.2) is 0 Å². The maximum Gasteiger partial charge on any atom is 0.0667 e. The molecule has 8 aliphatic carbocycles. The van der Waals surface area contributed by atoms with E-state index in [1.165, 1.54) is 135 Å². The lowest BCUT2D eigenvalue weighted by Crippen LogP contribution is -2.55. The zero-order valence-electron chi connectivity index (χ0n) is 30.2. The summed E-state index contributed by atoms with van der Waals surface area (Å²) >= 11 is 0. The fourth-order valence-corrected chi connectivity index (χ4v) is 16.2. The molecule has 14 atom stereocenters. The van der Waals surface area contributed by atoms with Gasteiger partial charge in [-0.15, -0.1) is 0 Å². The first-order chi connectivity index (χ1) is 23.3. The van der Waals surface area contributed by atoms with E-state index < -0.39 is 0 Å².